The Morgan fingerprint density at radius 1 is 1.43 bits per heavy atom. The maximum absolute atomic E-state index is 13.4. The molecule has 0 aliphatic carbocycles. The number of nitro benzene ring substituents is 1. The Morgan fingerprint density at radius 2 is 2.10 bits per heavy atom. The molecule has 2 unspecified atom stereocenters. The molecule has 1 N–H and O–H groups in total. The third kappa shape index (κ3) is 2.83. The summed E-state index contributed by atoms with van der Waals surface area (Å²) in [7, 11) is 0. The molecule has 112 valence electrons. The van der Waals surface area contributed by atoms with Crippen LogP contribution in [-0.4, -0.2) is 39.4 Å². The topological polar surface area (TPSA) is 101 Å². The molecule has 0 radical (unpaired) electrons. The van der Waals surface area contributed by atoms with Crippen molar-refractivity contribution in [1.29, 1.82) is 0 Å². The van der Waals surface area contributed by atoms with Crippen molar-refractivity contribution in [3.05, 3.63) is 39.7 Å². The van der Waals surface area contributed by atoms with Crippen molar-refractivity contribution in [3.8, 4) is 0 Å². The number of carboxylic acid groups (broad SMARTS) is 1. The van der Waals surface area contributed by atoms with Gasteiger partial charge in [0.15, 0.2) is 0 Å². The number of benzene rings is 1. The normalized spacial score (nSPS) is 21.3. The van der Waals surface area contributed by atoms with Crippen LogP contribution in [0.25, 0.3) is 0 Å². The van der Waals surface area contributed by atoms with Gasteiger partial charge in [0, 0.05) is 24.2 Å². The smallest absolute Gasteiger partial charge is 0.308 e. The first kappa shape index (κ1) is 14.9. The van der Waals surface area contributed by atoms with Gasteiger partial charge in [-0.25, -0.2) is 4.39 Å². The fourth-order valence-corrected chi connectivity index (χ4v) is 2.53. The molecule has 0 spiro atoms. The van der Waals surface area contributed by atoms with Crippen LogP contribution in [0.2, 0.25) is 0 Å². The summed E-state index contributed by atoms with van der Waals surface area (Å²) in [6.45, 7) is 1.82. The highest BCUT2D eigenvalue weighted by Gasteiger charge is 2.38. The average Bonchev–Trinajstić information content (AvgIpc) is 2.79. The summed E-state index contributed by atoms with van der Waals surface area (Å²) in [4.78, 5) is 34.5. The van der Waals surface area contributed by atoms with Crippen LogP contribution in [0.15, 0.2) is 18.2 Å². The standard InChI is InChI=1S/C13H13FN2O5/c1-7-11(13(18)19)2-3-15(7)12(17)8-4-9(14)6-10(5-8)16(20)21/h4-7,11H,2-3H2,1H3,(H,18,19). The number of halogens is 1. The number of nitro groups is 1. The number of likely N-dealkylation sites (tertiary alicyclic amines) is 1. The lowest BCUT2D eigenvalue weighted by Crippen LogP contribution is -2.37. The van der Waals surface area contributed by atoms with Gasteiger partial charge in [-0.1, -0.05) is 0 Å². The molecule has 0 saturated carbocycles. The molecule has 0 aromatic heterocycles. The van der Waals surface area contributed by atoms with Crippen LogP contribution in [0, 0.1) is 21.8 Å². The molecule has 21 heavy (non-hydrogen) atoms. The molecule has 1 saturated heterocycles. The van der Waals surface area contributed by atoms with Crippen molar-refractivity contribution in [3.63, 3.8) is 0 Å². The summed E-state index contributed by atoms with van der Waals surface area (Å²) in [5.74, 6) is -3.16. The van der Waals surface area contributed by atoms with Crippen molar-refractivity contribution in [2.45, 2.75) is 19.4 Å². The third-order valence-corrected chi connectivity index (χ3v) is 3.67. The number of carbonyl (C=O) groups is 2. The lowest BCUT2D eigenvalue weighted by molar-refractivity contribution is -0.385. The van der Waals surface area contributed by atoms with Crippen molar-refractivity contribution in [2.24, 2.45) is 5.92 Å². The number of rotatable bonds is 3. The predicted molar refractivity (Wildman–Crippen MR) is 69.3 cm³/mol. The number of carbonyl (C=O) groups excluding carboxylic acids is 1. The van der Waals surface area contributed by atoms with Crippen LogP contribution in [-0.2, 0) is 4.79 Å². The Morgan fingerprint density at radius 3 is 2.62 bits per heavy atom. The predicted octanol–water partition coefficient (Wildman–Crippen LogP) is 1.67. The van der Waals surface area contributed by atoms with Gasteiger partial charge in [-0.3, -0.25) is 19.7 Å². The zero-order valence-corrected chi connectivity index (χ0v) is 11.2. The highest BCUT2D eigenvalue weighted by Crippen LogP contribution is 2.27. The second-order valence-electron chi connectivity index (χ2n) is 4.93. The first-order valence-corrected chi connectivity index (χ1v) is 6.30. The van der Waals surface area contributed by atoms with E-state index in [1.54, 1.807) is 6.92 Å². The van der Waals surface area contributed by atoms with Crippen molar-refractivity contribution in [2.75, 3.05) is 6.54 Å². The number of nitrogens with zero attached hydrogens (tertiary/aromatic N) is 2. The maximum atomic E-state index is 13.4. The van der Waals surface area contributed by atoms with E-state index in [1.165, 1.54) is 4.90 Å². The Kier molecular flexibility index (Phi) is 3.88. The SMILES string of the molecule is CC1C(C(=O)O)CCN1C(=O)c1cc(F)cc([N+](=O)[O-])c1. The van der Waals surface area contributed by atoms with E-state index in [0.717, 1.165) is 18.2 Å². The van der Waals surface area contributed by atoms with Gasteiger partial charge in [0.2, 0.25) is 0 Å². The van der Waals surface area contributed by atoms with Gasteiger partial charge >= 0.3 is 5.97 Å². The van der Waals surface area contributed by atoms with Crippen LogP contribution in [0.5, 0.6) is 0 Å². The molecule has 1 amide bonds. The highest BCUT2D eigenvalue weighted by atomic mass is 19.1. The quantitative estimate of drug-likeness (QED) is 0.675. The fourth-order valence-electron chi connectivity index (χ4n) is 2.53. The summed E-state index contributed by atoms with van der Waals surface area (Å²) in [5, 5.41) is 19.7. The molecular formula is C13H13FN2O5. The van der Waals surface area contributed by atoms with Gasteiger partial charge in [-0.2, -0.15) is 0 Å². The fraction of sp³-hybridized carbons (Fsp3) is 0.385. The molecular weight excluding hydrogens is 283 g/mol. The summed E-state index contributed by atoms with van der Waals surface area (Å²) in [6, 6.07) is 2.09. The van der Waals surface area contributed by atoms with E-state index >= 15 is 0 Å². The number of carboxylic acids is 1. The minimum Gasteiger partial charge on any atom is -0.481 e. The van der Waals surface area contributed by atoms with Gasteiger partial charge in [-0.15, -0.1) is 0 Å². The molecule has 1 aliphatic heterocycles. The number of hydrogen-bond acceptors (Lipinski definition) is 4. The maximum Gasteiger partial charge on any atom is 0.308 e. The molecule has 7 nitrogen and oxygen atoms in total. The van der Waals surface area contributed by atoms with Crippen LogP contribution < -0.4 is 0 Å². The Labute approximate surface area is 119 Å². The van der Waals surface area contributed by atoms with Gasteiger partial charge in [0.05, 0.1) is 16.9 Å². The monoisotopic (exact) mass is 296 g/mol. The first-order chi connectivity index (χ1) is 9.81. The number of amides is 1. The summed E-state index contributed by atoms with van der Waals surface area (Å²) in [5.41, 5.74) is -0.667. The Bertz CT molecular complexity index is 619. The lowest BCUT2D eigenvalue weighted by atomic mass is 10.0. The van der Waals surface area contributed by atoms with Crippen molar-refractivity contribution in [1.82, 2.24) is 4.90 Å². The van der Waals surface area contributed by atoms with Crippen LogP contribution in [0.3, 0.4) is 0 Å². The summed E-state index contributed by atoms with van der Waals surface area (Å²) in [6.07, 6.45) is 0.305. The highest BCUT2D eigenvalue weighted by molar-refractivity contribution is 5.95. The average molecular weight is 296 g/mol. The largest absolute Gasteiger partial charge is 0.481 e. The summed E-state index contributed by atoms with van der Waals surface area (Å²) >= 11 is 0. The Hall–Kier alpha value is -2.51. The molecule has 8 heteroatoms. The summed E-state index contributed by atoms with van der Waals surface area (Å²) < 4.78 is 13.4. The zero-order valence-electron chi connectivity index (χ0n) is 11.2. The molecule has 0 bridgehead atoms. The van der Waals surface area contributed by atoms with Crippen molar-refractivity contribution < 1.29 is 24.0 Å². The number of aliphatic carboxylic acids is 1. The van der Waals surface area contributed by atoms with E-state index in [-0.39, 0.29) is 12.1 Å². The van der Waals surface area contributed by atoms with Crippen LogP contribution in [0.4, 0.5) is 10.1 Å². The van der Waals surface area contributed by atoms with E-state index in [1.807, 2.05) is 0 Å². The number of non-ortho nitro benzene ring substituents is 1. The van der Waals surface area contributed by atoms with E-state index in [4.69, 9.17) is 5.11 Å². The van der Waals surface area contributed by atoms with Crippen molar-refractivity contribution >= 4 is 17.6 Å². The van der Waals surface area contributed by atoms with Gasteiger partial charge in [0.25, 0.3) is 11.6 Å². The second-order valence-corrected chi connectivity index (χ2v) is 4.93. The van der Waals surface area contributed by atoms with Gasteiger partial charge in [0.1, 0.15) is 5.82 Å². The van der Waals surface area contributed by atoms with Crippen LogP contribution in [0.1, 0.15) is 23.7 Å². The van der Waals surface area contributed by atoms with Crippen LogP contribution >= 0.6 is 0 Å². The second kappa shape index (κ2) is 5.47. The molecule has 1 aliphatic rings. The third-order valence-electron chi connectivity index (χ3n) is 3.67. The zero-order chi connectivity index (χ0) is 15.7. The van der Waals surface area contributed by atoms with E-state index in [0.29, 0.717) is 6.42 Å². The van der Waals surface area contributed by atoms with Gasteiger partial charge in [-0.05, 0) is 19.4 Å². The number of hydrogen-bond donors (Lipinski definition) is 1. The molecule has 2 atom stereocenters. The van der Waals surface area contributed by atoms with E-state index in [9.17, 15) is 24.1 Å². The minimum atomic E-state index is -0.997. The molecule has 1 aromatic rings. The Balaban J connectivity index is 2.29. The van der Waals surface area contributed by atoms with E-state index in [2.05, 4.69) is 0 Å². The molecule has 1 fully saturated rings. The first-order valence-electron chi connectivity index (χ1n) is 6.30. The lowest BCUT2D eigenvalue weighted by Gasteiger charge is -2.23. The minimum absolute atomic E-state index is 0.153. The molecule has 2 rings (SSSR count). The molecule has 1 aromatic carbocycles. The van der Waals surface area contributed by atoms with E-state index < -0.39 is 40.3 Å². The van der Waals surface area contributed by atoms with Gasteiger partial charge < -0.3 is 10.0 Å². The molecule has 1 heterocycles.